The number of hydrogen-bond donors (Lipinski definition) is 2. The van der Waals surface area contributed by atoms with Crippen LogP contribution < -0.4 is 10.6 Å². The SMILES string of the molecule is CNCC(C)(C)C(=O)NC.Cl. The van der Waals surface area contributed by atoms with E-state index in [1.54, 1.807) is 7.05 Å². The number of carbonyl (C=O) groups is 1. The number of carbonyl (C=O) groups excluding carboxylic acids is 1. The van der Waals surface area contributed by atoms with Crippen LogP contribution in [0.4, 0.5) is 0 Å². The van der Waals surface area contributed by atoms with Crippen molar-refractivity contribution < 1.29 is 4.79 Å². The summed E-state index contributed by atoms with van der Waals surface area (Å²) in [6.07, 6.45) is 0. The maximum absolute atomic E-state index is 11.1. The predicted molar refractivity (Wildman–Crippen MR) is 49.0 cm³/mol. The van der Waals surface area contributed by atoms with Crippen LogP contribution in [0.25, 0.3) is 0 Å². The minimum absolute atomic E-state index is 0. The largest absolute Gasteiger partial charge is 0.359 e. The van der Waals surface area contributed by atoms with E-state index in [0.717, 1.165) is 0 Å². The quantitative estimate of drug-likeness (QED) is 0.660. The summed E-state index contributed by atoms with van der Waals surface area (Å²) in [6.45, 7) is 4.51. The van der Waals surface area contributed by atoms with Crippen molar-refractivity contribution >= 4 is 18.3 Å². The Labute approximate surface area is 74.3 Å². The lowest BCUT2D eigenvalue weighted by molar-refractivity contribution is -0.128. The van der Waals surface area contributed by atoms with E-state index in [1.165, 1.54) is 0 Å². The van der Waals surface area contributed by atoms with E-state index in [-0.39, 0.29) is 23.7 Å². The summed E-state index contributed by atoms with van der Waals surface area (Å²) in [5.41, 5.74) is -0.302. The van der Waals surface area contributed by atoms with Gasteiger partial charge in [0.15, 0.2) is 0 Å². The van der Waals surface area contributed by atoms with E-state index in [9.17, 15) is 4.79 Å². The van der Waals surface area contributed by atoms with Crippen molar-refractivity contribution in [2.24, 2.45) is 5.41 Å². The molecule has 0 aliphatic carbocycles. The highest BCUT2D eigenvalue weighted by Crippen LogP contribution is 2.12. The Balaban J connectivity index is 0. The van der Waals surface area contributed by atoms with Crippen molar-refractivity contribution in [2.75, 3.05) is 20.6 Å². The number of hydrogen-bond acceptors (Lipinski definition) is 2. The van der Waals surface area contributed by atoms with Gasteiger partial charge in [0.05, 0.1) is 5.41 Å². The fourth-order valence-corrected chi connectivity index (χ4v) is 0.861. The summed E-state index contributed by atoms with van der Waals surface area (Å²) in [5, 5.41) is 5.57. The van der Waals surface area contributed by atoms with Gasteiger partial charge in [0, 0.05) is 13.6 Å². The summed E-state index contributed by atoms with van der Waals surface area (Å²) in [6, 6.07) is 0. The maximum atomic E-state index is 11.1. The van der Waals surface area contributed by atoms with Crippen LogP contribution in [0.1, 0.15) is 13.8 Å². The number of halogens is 1. The fraction of sp³-hybridized carbons (Fsp3) is 0.857. The molecule has 68 valence electrons. The Morgan fingerprint density at radius 3 is 2.09 bits per heavy atom. The summed E-state index contributed by atoms with van der Waals surface area (Å²) in [7, 11) is 3.49. The van der Waals surface area contributed by atoms with E-state index in [2.05, 4.69) is 10.6 Å². The molecule has 0 saturated heterocycles. The molecule has 0 fully saturated rings. The zero-order valence-corrected chi connectivity index (χ0v) is 8.34. The van der Waals surface area contributed by atoms with Crippen molar-refractivity contribution in [3.05, 3.63) is 0 Å². The van der Waals surface area contributed by atoms with Gasteiger partial charge in [0.25, 0.3) is 0 Å². The van der Waals surface area contributed by atoms with Gasteiger partial charge in [0.1, 0.15) is 0 Å². The summed E-state index contributed by atoms with van der Waals surface area (Å²) in [4.78, 5) is 11.1. The normalized spacial score (nSPS) is 10.2. The Hall–Kier alpha value is -0.280. The Morgan fingerprint density at radius 2 is 1.82 bits per heavy atom. The first-order chi connectivity index (χ1) is 4.54. The highest BCUT2D eigenvalue weighted by Gasteiger charge is 2.24. The lowest BCUT2D eigenvalue weighted by Crippen LogP contribution is -2.41. The average molecular weight is 181 g/mol. The van der Waals surface area contributed by atoms with E-state index < -0.39 is 0 Å². The Kier molecular flexibility index (Phi) is 6.52. The number of rotatable bonds is 3. The first kappa shape index (κ1) is 13.3. The van der Waals surface area contributed by atoms with Crippen LogP contribution in [0.2, 0.25) is 0 Å². The van der Waals surface area contributed by atoms with Gasteiger partial charge in [-0.2, -0.15) is 0 Å². The molecule has 0 aromatic heterocycles. The van der Waals surface area contributed by atoms with Crippen LogP contribution in [-0.2, 0) is 4.79 Å². The van der Waals surface area contributed by atoms with E-state index in [0.29, 0.717) is 6.54 Å². The van der Waals surface area contributed by atoms with Crippen LogP contribution in [0.15, 0.2) is 0 Å². The summed E-state index contributed by atoms with van der Waals surface area (Å²) < 4.78 is 0. The second kappa shape index (κ2) is 5.38. The number of amides is 1. The molecule has 4 heteroatoms. The van der Waals surface area contributed by atoms with Gasteiger partial charge in [-0.25, -0.2) is 0 Å². The molecule has 0 aliphatic rings. The van der Waals surface area contributed by atoms with Gasteiger partial charge in [-0.15, -0.1) is 12.4 Å². The molecule has 0 heterocycles. The predicted octanol–water partition coefficient (Wildman–Crippen LogP) is 0.400. The minimum Gasteiger partial charge on any atom is -0.359 e. The molecule has 0 aliphatic heterocycles. The molecule has 0 saturated carbocycles. The molecular formula is C7H17ClN2O. The number of nitrogens with one attached hydrogen (secondary N) is 2. The van der Waals surface area contributed by atoms with Crippen LogP contribution in [0.5, 0.6) is 0 Å². The molecule has 0 unspecified atom stereocenters. The minimum atomic E-state index is -0.302. The molecule has 0 atom stereocenters. The maximum Gasteiger partial charge on any atom is 0.226 e. The second-order valence-electron chi connectivity index (χ2n) is 2.99. The second-order valence-corrected chi connectivity index (χ2v) is 2.99. The lowest BCUT2D eigenvalue weighted by Gasteiger charge is -2.21. The summed E-state index contributed by atoms with van der Waals surface area (Å²) in [5.74, 6) is 0.0712. The van der Waals surface area contributed by atoms with Gasteiger partial charge >= 0.3 is 0 Å². The van der Waals surface area contributed by atoms with E-state index in [1.807, 2.05) is 20.9 Å². The molecule has 0 rings (SSSR count). The summed E-state index contributed by atoms with van der Waals surface area (Å²) >= 11 is 0. The molecule has 0 spiro atoms. The van der Waals surface area contributed by atoms with Crippen LogP contribution in [0.3, 0.4) is 0 Å². The van der Waals surface area contributed by atoms with Gasteiger partial charge in [-0.1, -0.05) is 0 Å². The highest BCUT2D eigenvalue weighted by atomic mass is 35.5. The average Bonchev–Trinajstić information content (AvgIpc) is 1.86. The lowest BCUT2D eigenvalue weighted by atomic mass is 9.92. The van der Waals surface area contributed by atoms with Crippen molar-refractivity contribution in [2.45, 2.75) is 13.8 Å². The third-order valence-electron chi connectivity index (χ3n) is 1.46. The van der Waals surface area contributed by atoms with Crippen LogP contribution in [-0.4, -0.2) is 26.5 Å². The van der Waals surface area contributed by atoms with Crippen molar-refractivity contribution in [1.29, 1.82) is 0 Å². The molecule has 0 radical (unpaired) electrons. The van der Waals surface area contributed by atoms with Gasteiger partial charge in [-0.3, -0.25) is 4.79 Å². The van der Waals surface area contributed by atoms with Crippen LogP contribution in [0, 0.1) is 5.41 Å². The van der Waals surface area contributed by atoms with Gasteiger partial charge in [-0.05, 0) is 20.9 Å². The zero-order valence-electron chi connectivity index (χ0n) is 7.52. The third-order valence-corrected chi connectivity index (χ3v) is 1.46. The van der Waals surface area contributed by atoms with Crippen molar-refractivity contribution in [3.8, 4) is 0 Å². The molecule has 0 aromatic carbocycles. The molecule has 2 N–H and O–H groups in total. The van der Waals surface area contributed by atoms with Crippen LogP contribution >= 0.6 is 12.4 Å². The third kappa shape index (κ3) is 4.22. The van der Waals surface area contributed by atoms with E-state index >= 15 is 0 Å². The molecule has 11 heavy (non-hydrogen) atoms. The molecular weight excluding hydrogens is 164 g/mol. The van der Waals surface area contributed by atoms with Gasteiger partial charge in [0.2, 0.25) is 5.91 Å². The van der Waals surface area contributed by atoms with Crippen molar-refractivity contribution in [1.82, 2.24) is 10.6 Å². The molecule has 0 aromatic rings. The molecule has 0 bridgehead atoms. The molecule has 3 nitrogen and oxygen atoms in total. The van der Waals surface area contributed by atoms with Gasteiger partial charge < -0.3 is 10.6 Å². The Morgan fingerprint density at radius 1 is 1.36 bits per heavy atom. The first-order valence-corrected chi connectivity index (χ1v) is 3.41. The van der Waals surface area contributed by atoms with E-state index in [4.69, 9.17) is 0 Å². The topological polar surface area (TPSA) is 41.1 Å². The standard InChI is InChI=1S/C7H16N2O.ClH/c1-7(2,5-8-3)6(10)9-4;/h8H,5H2,1-4H3,(H,9,10);1H. The fourth-order valence-electron chi connectivity index (χ4n) is 0.861. The molecule has 1 amide bonds. The zero-order chi connectivity index (χ0) is 8.20. The first-order valence-electron chi connectivity index (χ1n) is 3.41. The van der Waals surface area contributed by atoms with Crippen molar-refractivity contribution in [3.63, 3.8) is 0 Å². The smallest absolute Gasteiger partial charge is 0.226 e. The monoisotopic (exact) mass is 180 g/mol. The Bertz CT molecular complexity index is 126. The highest BCUT2D eigenvalue weighted by molar-refractivity contribution is 5.85.